The summed E-state index contributed by atoms with van der Waals surface area (Å²) in [5.74, 6) is -2.65. The lowest BCUT2D eigenvalue weighted by Gasteiger charge is -2.17. The number of benzene rings is 2. The van der Waals surface area contributed by atoms with Gasteiger partial charge in [-0.2, -0.15) is 0 Å². The minimum atomic E-state index is -0.738. The van der Waals surface area contributed by atoms with Crippen LogP contribution in [0.2, 0.25) is 0 Å². The zero-order chi connectivity index (χ0) is 20.0. The van der Waals surface area contributed by atoms with E-state index in [1.54, 1.807) is 20.0 Å². The summed E-state index contributed by atoms with van der Waals surface area (Å²) in [7, 11) is 1.65. The lowest BCUT2D eigenvalue weighted by atomic mass is 10.1. The fourth-order valence-electron chi connectivity index (χ4n) is 2.61. The maximum absolute atomic E-state index is 13.7. The van der Waals surface area contributed by atoms with Crippen molar-refractivity contribution in [2.45, 2.75) is 13.0 Å². The van der Waals surface area contributed by atoms with Crippen molar-refractivity contribution in [1.82, 2.24) is 5.32 Å². The summed E-state index contributed by atoms with van der Waals surface area (Å²) in [5, 5.41) is 5.16. The lowest BCUT2D eigenvalue weighted by Crippen LogP contribution is -3.11. The van der Waals surface area contributed by atoms with E-state index in [0.717, 1.165) is 12.1 Å². The topological polar surface area (TPSA) is 62.6 Å². The standard InChI is InChI=1S/C19H20F3N3O2/c1-12(16-7-6-14(21)9-17(16)22)23-18(26)10-25(2)11-19(27)24-15-5-3-4-13(20)8-15/h3-9,12H,10-11H2,1-2H3,(H,23,26)(H,24,27)/p+1/t12-/m0/s1. The fourth-order valence-corrected chi connectivity index (χ4v) is 2.61. The number of halogens is 3. The monoisotopic (exact) mass is 380 g/mol. The van der Waals surface area contributed by atoms with E-state index in [1.807, 2.05) is 0 Å². The first-order valence-electron chi connectivity index (χ1n) is 8.35. The average Bonchev–Trinajstić information content (AvgIpc) is 2.53. The van der Waals surface area contributed by atoms with Crippen molar-refractivity contribution >= 4 is 17.5 Å². The molecule has 0 spiro atoms. The second kappa shape index (κ2) is 9.18. The molecule has 0 aliphatic heterocycles. The molecule has 2 aromatic rings. The number of amides is 2. The summed E-state index contributed by atoms with van der Waals surface area (Å²) < 4.78 is 39.8. The summed E-state index contributed by atoms with van der Waals surface area (Å²) >= 11 is 0. The molecule has 0 fully saturated rings. The summed E-state index contributed by atoms with van der Waals surface area (Å²) in [6.45, 7) is 1.55. The van der Waals surface area contributed by atoms with Crippen LogP contribution in [0.3, 0.4) is 0 Å². The normalized spacial score (nSPS) is 12.9. The van der Waals surface area contributed by atoms with E-state index in [9.17, 15) is 22.8 Å². The number of carbonyl (C=O) groups excluding carboxylic acids is 2. The lowest BCUT2D eigenvalue weighted by molar-refractivity contribution is -0.862. The second-order valence-electron chi connectivity index (χ2n) is 6.32. The van der Waals surface area contributed by atoms with Gasteiger partial charge >= 0.3 is 0 Å². The third-order valence-corrected chi connectivity index (χ3v) is 3.84. The molecule has 1 unspecified atom stereocenters. The highest BCUT2D eigenvalue weighted by atomic mass is 19.1. The highest BCUT2D eigenvalue weighted by Crippen LogP contribution is 2.17. The fraction of sp³-hybridized carbons (Fsp3) is 0.263. The van der Waals surface area contributed by atoms with Crippen LogP contribution in [-0.2, 0) is 9.59 Å². The quantitative estimate of drug-likeness (QED) is 0.681. The molecule has 5 nitrogen and oxygen atoms in total. The third kappa shape index (κ3) is 6.41. The Balaban J connectivity index is 1.83. The number of quaternary nitrogens is 1. The summed E-state index contributed by atoms with van der Waals surface area (Å²) in [6.07, 6.45) is 0. The van der Waals surface area contributed by atoms with Gasteiger partial charge in [0.1, 0.15) is 17.5 Å². The molecule has 2 atom stereocenters. The van der Waals surface area contributed by atoms with Crippen LogP contribution in [0.1, 0.15) is 18.5 Å². The van der Waals surface area contributed by atoms with E-state index in [1.165, 1.54) is 24.3 Å². The molecule has 0 bridgehead atoms. The van der Waals surface area contributed by atoms with Gasteiger partial charge in [-0.1, -0.05) is 12.1 Å². The molecule has 144 valence electrons. The van der Waals surface area contributed by atoms with Crippen LogP contribution < -0.4 is 15.5 Å². The molecule has 8 heteroatoms. The van der Waals surface area contributed by atoms with Gasteiger partial charge in [0.05, 0.1) is 13.1 Å². The molecule has 3 N–H and O–H groups in total. The minimum Gasteiger partial charge on any atom is -0.345 e. The molecule has 2 amide bonds. The molecule has 2 rings (SSSR count). The Morgan fingerprint density at radius 3 is 2.33 bits per heavy atom. The van der Waals surface area contributed by atoms with Crippen LogP contribution in [-0.4, -0.2) is 32.0 Å². The number of rotatable bonds is 7. The van der Waals surface area contributed by atoms with Crippen LogP contribution in [0.15, 0.2) is 42.5 Å². The van der Waals surface area contributed by atoms with Crippen LogP contribution in [0.25, 0.3) is 0 Å². The van der Waals surface area contributed by atoms with Crippen molar-refractivity contribution in [2.75, 3.05) is 25.5 Å². The highest BCUT2D eigenvalue weighted by molar-refractivity contribution is 5.91. The summed E-state index contributed by atoms with van der Waals surface area (Å²) in [6, 6.07) is 8.00. The number of hydrogen-bond acceptors (Lipinski definition) is 2. The molecule has 0 aromatic heterocycles. The molecule has 0 heterocycles. The third-order valence-electron chi connectivity index (χ3n) is 3.84. The van der Waals surface area contributed by atoms with Gasteiger partial charge in [-0.05, 0) is 31.2 Å². The van der Waals surface area contributed by atoms with Gasteiger partial charge < -0.3 is 15.5 Å². The first kappa shape index (κ1) is 20.4. The maximum Gasteiger partial charge on any atom is 0.279 e. The van der Waals surface area contributed by atoms with Crippen molar-refractivity contribution < 1.29 is 27.7 Å². The molecular weight excluding hydrogens is 359 g/mol. The van der Waals surface area contributed by atoms with Gasteiger partial charge in [0.25, 0.3) is 11.8 Å². The van der Waals surface area contributed by atoms with E-state index in [-0.39, 0.29) is 30.5 Å². The van der Waals surface area contributed by atoms with Gasteiger partial charge in [-0.15, -0.1) is 0 Å². The van der Waals surface area contributed by atoms with Crippen LogP contribution in [0.5, 0.6) is 0 Å². The maximum atomic E-state index is 13.7. The van der Waals surface area contributed by atoms with Gasteiger partial charge in [-0.3, -0.25) is 9.59 Å². The Bertz CT molecular complexity index is 830. The molecule has 0 saturated carbocycles. The molecule has 0 aliphatic rings. The van der Waals surface area contributed by atoms with E-state index in [2.05, 4.69) is 10.6 Å². The zero-order valence-electron chi connectivity index (χ0n) is 15.0. The van der Waals surface area contributed by atoms with Crippen molar-refractivity contribution in [2.24, 2.45) is 0 Å². The Labute approximate surface area is 155 Å². The van der Waals surface area contributed by atoms with Gasteiger partial charge in [-0.25, -0.2) is 13.2 Å². The van der Waals surface area contributed by atoms with E-state index in [4.69, 9.17) is 0 Å². The molecule has 0 saturated heterocycles. The van der Waals surface area contributed by atoms with Crippen molar-refractivity contribution in [3.8, 4) is 0 Å². The largest absolute Gasteiger partial charge is 0.345 e. The average molecular weight is 380 g/mol. The molecule has 0 aliphatic carbocycles. The van der Waals surface area contributed by atoms with Crippen molar-refractivity contribution in [3.63, 3.8) is 0 Å². The van der Waals surface area contributed by atoms with Crippen molar-refractivity contribution in [3.05, 3.63) is 65.5 Å². The Kier molecular flexibility index (Phi) is 6.95. The first-order chi connectivity index (χ1) is 12.7. The van der Waals surface area contributed by atoms with Gasteiger partial charge in [0.15, 0.2) is 13.1 Å². The zero-order valence-corrected chi connectivity index (χ0v) is 15.0. The predicted octanol–water partition coefficient (Wildman–Crippen LogP) is 1.43. The summed E-state index contributed by atoms with van der Waals surface area (Å²) in [4.78, 5) is 24.6. The molecular formula is C19H21F3N3O2+. The molecule has 27 heavy (non-hydrogen) atoms. The predicted molar refractivity (Wildman–Crippen MR) is 94.6 cm³/mol. The Hall–Kier alpha value is -2.87. The van der Waals surface area contributed by atoms with Crippen molar-refractivity contribution in [1.29, 1.82) is 0 Å². The van der Waals surface area contributed by atoms with Gasteiger partial charge in [0, 0.05) is 17.3 Å². The number of likely N-dealkylation sites (N-methyl/N-ethyl adjacent to an activating group) is 1. The minimum absolute atomic E-state index is 0.0107. The van der Waals surface area contributed by atoms with E-state index < -0.39 is 23.5 Å². The number of anilines is 1. The van der Waals surface area contributed by atoms with E-state index >= 15 is 0 Å². The Morgan fingerprint density at radius 1 is 1.00 bits per heavy atom. The smallest absolute Gasteiger partial charge is 0.279 e. The van der Waals surface area contributed by atoms with Crippen LogP contribution >= 0.6 is 0 Å². The summed E-state index contributed by atoms with van der Waals surface area (Å²) in [5.41, 5.74) is 0.504. The van der Waals surface area contributed by atoms with Crippen LogP contribution in [0, 0.1) is 17.5 Å². The molecule has 0 radical (unpaired) electrons. The second-order valence-corrected chi connectivity index (χ2v) is 6.32. The Morgan fingerprint density at radius 2 is 1.67 bits per heavy atom. The molecule has 2 aromatic carbocycles. The number of nitrogens with one attached hydrogen (secondary N) is 3. The van der Waals surface area contributed by atoms with Gasteiger partial charge in [0.2, 0.25) is 0 Å². The van der Waals surface area contributed by atoms with E-state index in [0.29, 0.717) is 10.6 Å². The number of hydrogen-bond donors (Lipinski definition) is 3. The van der Waals surface area contributed by atoms with Crippen LogP contribution in [0.4, 0.5) is 18.9 Å². The highest BCUT2D eigenvalue weighted by Gasteiger charge is 2.18. The first-order valence-corrected chi connectivity index (χ1v) is 8.35. The SMILES string of the molecule is C[C@H](NC(=O)C[NH+](C)CC(=O)Nc1cccc(F)c1)c1ccc(F)cc1F. The number of carbonyl (C=O) groups is 2.